The minimum absolute atomic E-state index is 0.268. The lowest BCUT2D eigenvalue weighted by atomic mass is 9.86. The van der Waals surface area contributed by atoms with E-state index in [4.69, 9.17) is 11.6 Å². The summed E-state index contributed by atoms with van der Waals surface area (Å²) < 4.78 is 0.938. The molecule has 5 heteroatoms. The van der Waals surface area contributed by atoms with Crippen molar-refractivity contribution in [1.82, 2.24) is 0 Å². The van der Waals surface area contributed by atoms with E-state index in [9.17, 15) is 10.1 Å². The molecule has 0 N–H and O–H groups in total. The minimum atomic E-state index is -0.754. The number of nitrogens with zero attached hydrogens (tertiary/aromatic N) is 1. The van der Waals surface area contributed by atoms with Gasteiger partial charge in [-0.2, -0.15) is 0 Å². The summed E-state index contributed by atoms with van der Waals surface area (Å²) in [7, 11) is 0. The zero-order valence-corrected chi connectivity index (χ0v) is 13.1. The van der Waals surface area contributed by atoms with Crippen LogP contribution in [-0.2, 0) is 0 Å². The van der Waals surface area contributed by atoms with E-state index in [0.717, 1.165) is 15.6 Å². The van der Waals surface area contributed by atoms with E-state index in [0.29, 0.717) is 5.02 Å². The molecule has 0 aliphatic rings. The lowest BCUT2D eigenvalue weighted by Gasteiger charge is -2.20. The summed E-state index contributed by atoms with van der Waals surface area (Å²) >= 11 is 9.59. The van der Waals surface area contributed by atoms with Gasteiger partial charge < -0.3 is 0 Å². The minimum Gasteiger partial charge on any atom is -0.264 e. The number of halogens is 2. The number of benzene rings is 2. The smallest absolute Gasteiger partial charge is 0.221 e. The molecule has 2 rings (SSSR count). The molecule has 0 heterocycles. The predicted octanol–water partition coefficient (Wildman–Crippen LogP) is 4.90. The SMILES string of the molecule is C[C@@H]([C@H](c1ccc(Br)cc1)c1ccccc1Cl)[N+](=O)[O-]. The van der Waals surface area contributed by atoms with E-state index < -0.39 is 6.04 Å². The molecule has 0 aliphatic heterocycles. The van der Waals surface area contributed by atoms with Gasteiger partial charge in [0, 0.05) is 21.3 Å². The van der Waals surface area contributed by atoms with Crippen LogP contribution in [0.15, 0.2) is 53.0 Å². The Morgan fingerprint density at radius 1 is 1.15 bits per heavy atom. The van der Waals surface area contributed by atoms with Crippen LogP contribution in [0.5, 0.6) is 0 Å². The monoisotopic (exact) mass is 353 g/mol. The summed E-state index contributed by atoms with van der Waals surface area (Å²) in [4.78, 5) is 11.0. The lowest BCUT2D eigenvalue weighted by Crippen LogP contribution is -2.25. The molecule has 104 valence electrons. The molecule has 0 aliphatic carbocycles. The first-order valence-electron chi connectivity index (χ1n) is 6.14. The zero-order valence-electron chi connectivity index (χ0n) is 10.8. The fourth-order valence-corrected chi connectivity index (χ4v) is 2.75. The Morgan fingerprint density at radius 2 is 1.75 bits per heavy atom. The molecule has 0 saturated carbocycles. The Morgan fingerprint density at radius 3 is 2.30 bits per heavy atom. The van der Waals surface area contributed by atoms with Gasteiger partial charge in [0.2, 0.25) is 6.04 Å². The van der Waals surface area contributed by atoms with Crippen molar-refractivity contribution in [3.05, 3.63) is 79.3 Å². The van der Waals surface area contributed by atoms with Crippen molar-refractivity contribution in [2.75, 3.05) is 0 Å². The summed E-state index contributed by atoms with van der Waals surface area (Å²) in [6.07, 6.45) is 0. The maximum atomic E-state index is 11.2. The van der Waals surface area contributed by atoms with Crippen LogP contribution in [0.3, 0.4) is 0 Å². The first-order valence-corrected chi connectivity index (χ1v) is 7.31. The van der Waals surface area contributed by atoms with E-state index >= 15 is 0 Å². The number of hydrogen-bond donors (Lipinski definition) is 0. The third-order valence-corrected chi connectivity index (χ3v) is 4.16. The topological polar surface area (TPSA) is 43.1 Å². The van der Waals surface area contributed by atoms with E-state index in [1.54, 1.807) is 13.0 Å². The highest BCUT2D eigenvalue weighted by molar-refractivity contribution is 9.10. The molecule has 0 unspecified atom stereocenters. The van der Waals surface area contributed by atoms with Gasteiger partial charge in [0.1, 0.15) is 0 Å². The molecule has 2 aromatic rings. The van der Waals surface area contributed by atoms with Crippen molar-refractivity contribution < 1.29 is 4.92 Å². The molecule has 2 aromatic carbocycles. The highest BCUT2D eigenvalue weighted by Gasteiger charge is 2.31. The maximum absolute atomic E-state index is 11.2. The Kier molecular flexibility index (Phi) is 4.78. The van der Waals surface area contributed by atoms with Gasteiger partial charge in [0.25, 0.3) is 0 Å². The van der Waals surface area contributed by atoms with Crippen LogP contribution in [0.1, 0.15) is 24.0 Å². The summed E-state index contributed by atoms with van der Waals surface area (Å²) in [5, 5.41) is 11.8. The van der Waals surface area contributed by atoms with Crippen LogP contribution >= 0.6 is 27.5 Å². The normalized spacial score (nSPS) is 13.8. The molecule has 3 nitrogen and oxygen atoms in total. The van der Waals surface area contributed by atoms with Crippen LogP contribution in [0.25, 0.3) is 0 Å². The Bertz CT molecular complexity index is 616. The maximum Gasteiger partial charge on any atom is 0.221 e. The number of nitro groups is 1. The summed E-state index contributed by atoms with van der Waals surface area (Å²) in [6.45, 7) is 1.61. The molecular weight excluding hydrogens is 342 g/mol. The Balaban J connectivity index is 2.53. The second-order valence-electron chi connectivity index (χ2n) is 4.58. The van der Waals surface area contributed by atoms with E-state index in [1.807, 2.05) is 42.5 Å². The fraction of sp³-hybridized carbons (Fsp3) is 0.200. The van der Waals surface area contributed by atoms with E-state index in [-0.39, 0.29) is 10.8 Å². The van der Waals surface area contributed by atoms with E-state index in [1.165, 1.54) is 0 Å². The van der Waals surface area contributed by atoms with Crippen molar-refractivity contribution in [3.8, 4) is 0 Å². The van der Waals surface area contributed by atoms with Crippen molar-refractivity contribution in [3.63, 3.8) is 0 Å². The van der Waals surface area contributed by atoms with Gasteiger partial charge in [-0.05, 0) is 29.3 Å². The molecular formula is C15H13BrClNO2. The Labute approximate surface area is 130 Å². The average molecular weight is 355 g/mol. The number of rotatable bonds is 4. The summed E-state index contributed by atoms with van der Waals surface area (Å²) in [5.74, 6) is -0.369. The standard InChI is InChI=1S/C15H13BrClNO2/c1-10(18(19)20)15(11-6-8-12(16)9-7-11)13-4-2-3-5-14(13)17/h2-10,15H,1H3/t10-,15+/m0/s1. The molecule has 20 heavy (non-hydrogen) atoms. The molecule has 0 bridgehead atoms. The van der Waals surface area contributed by atoms with Crippen LogP contribution in [0.4, 0.5) is 0 Å². The van der Waals surface area contributed by atoms with Gasteiger partial charge in [0.05, 0.1) is 5.92 Å². The second-order valence-corrected chi connectivity index (χ2v) is 5.90. The van der Waals surface area contributed by atoms with E-state index in [2.05, 4.69) is 15.9 Å². The largest absolute Gasteiger partial charge is 0.264 e. The van der Waals surface area contributed by atoms with Crippen molar-refractivity contribution in [1.29, 1.82) is 0 Å². The second kappa shape index (κ2) is 6.37. The zero-order chi connectivity index (χ0) is 14.7. The van der Waals surface area contributed by atoms with Crippen molar-refractivity contribution >= 4 is 27.5 Å². The van der Waals surface area contributed by atoms with Gasteiger partial charge in [-0.3, -0.25) is 10.1 Å². The summed E-state index contributed by atoms with van der Waals surface area (Å²) in [6, 6.07) is 14.1. The van der Waals surface area contributed by atoms with Crippen LogP contribution in [-0.4, -0.2) is 11.0 Å². The average Bonchev–Trinajstić information content (AvgIpc) is 2.43. The molecule has 2 atom stereocenters. The van der Waals surface area contributed by atoms with Gasteiger partial charge in [-0.25, -0.2) is 0 Å². The molecule has 0 aromatic heterocycles. The first-order chi connectivity index (χ1) is 9.50. The quantitative estimate of drug-likeness (QED) is 0.579. The molecule has 0 fully saturated rings. The van der Waals surface area contributed by atoms with Crippen molar-refractivity contribution in [2.45, 2.75) is 18.9 Å². The van der Waals surface area contributed by atoms with Crippen LogP contribution in [0, 0.1) is 10.1 Å². The molecule has 0 amide bonds. The van der Waals surface area contributed by atoms with Gasteiger partial charge in [-0.15, -0.1) is 0 Å². The Hall–Kier alpha value is -1.39. The first kappa shape index (κ1) is 15.0. The number of hydrogen-bond acceptors (Lipinski definition) is 2. The van der Waals surface area contributed by atoms with Crippen LogP contribution in [0.2, 0.25) is 5.02 Å². The predicted molar refractivity (Wildman–Crippen MR) is 83.9 cm³/mol. The molecule has 0 saturated heterocycles. The van der Waals surface area contributed by atoms with Crippen LogP contribution < -0.4 is 0 Å². The summed E-state index contributed by atoms with van der Waals surface area (Å²) in [5.41, 5.74) is 1.66. The van der Waals surface area contributed by atoms with Gasteiger partial charge in [0.15, 0.2) is 0 Å². The fourth-order valence-electron chi connectivity index (χ4n) is 2.24. The lowest BCUT2D eigenvalue weighted by molar-refractivity contribution is -0.520. The third-order valence-electron chi connectivity index (χ3n) is 3.28. The van der Waals surface area contributed by atoms with Gasteiger partial charge in [-0.1, -0.05) is 57.9 Å². The van der Waals surface area contributed by atoms with Gasteiger partial charge >= 0.3 is 0 Å². The molecule has 0 spiro atoms. The highest BCUT2D eigenvalue weighted by atomic mass is 79.9. The highest BCUT2D eigenvalue weighted by Crippen LogP contribution is 2.34. The third kappa shape index (κ3) is 3.19. The molecule has 0 radical (unpaired) electrons. The van der Waals surface area contributed by atoms with Crippen molar-refractivity contribution in [2.24, 2.45) is 0 Å².